The first-order valence-corrected chi connectivity index (χ1v) is 10.3. The Kier molecular flexibility index (Phi) is 10.3. The maximum Gasteiger partial charge on any atom is 0.238 e. The van der Waals surface area contributed by atoms with Gasteiger partial charge in [0.05, 0.1) is 18.0 Å². The molecule has 0 fully saturated rings. The third-order valence-corrected chi connectivity index (χ3v) is 4.63. The number of hydrogen-bond acceptors (Lipinski definition) is 4. The molecule has 2 aromatic carbocycles. The molecule has 0 heterocycles. The summed E-state index contributed by atoms with van der Waals surface area (Å²) in [6.07, 6.45) is 0. The summed E-state index contributed by atoms with van der Waals surface area (Å²) < 4.78 is 28.2. The third kappa shape index (κ3) is 8.44. The van der Waals surface area contributed by atoms with Crippen LogP contribution in [0.15, 0.2) is 58.4 Å². The number of benzene rings is 2. The van der Waals surface area contributed by atoms with Gasteiger partial charge in [0, 0.05) is 6.54 Å². The molecule has 0 amide bonds. The summed E-state index contributed by atoms with van der Waals surface area (Å²) in [4.78, 5) is 4.58. The lowest BCUT2D eigenvalue weighted by Crippen LogP contribution is -2.39. The summed E-state index contributed by atoms with van der Waals surface area (Å²) in [5.41, 5.74) is 2.08. The van der Waals surface area contributed by atoms with E-state index in [0.29, 0.717) is 25.7 Å². The van der Waals surface area contributed by atoms with Gasteiger partial charge in [0.2, 0.25) is 10.0 Å². The molecular formula is C19H27IN4O3S. The molecule has 0 bridgehead atoms. The van der Waals surface area contributed by atoms with E-state index in [1.165, 1.54) is 17.7 Å². The van der Waals surface area contributed by atoms with Gasteiger partial charge in [-0.25, -0.2) is 18.5 Å². The lowest BCUT2D eigenvalue weighted by molar-refractivity contribution is 0.322. The smallest absolute Gasteiger partial charge is 0.238 e. The van der Waals surface area contributed by atoms with Gasteiger partial charge in [-0.05, 0) is 43.7 Å². The first kappa shape index (κ1) is 24.2. The fourth-order valence-corrected chi connectivity index (χ4v) is 2.78. The number of nitrogens with zero attached hydrogens (tertiary/aromatic N) is 1. The fourth-order valence-electron chi connectivity index (χ4n) is 2.27. The maximum atomic E-state index is 11.3. The second-order valence-electron chi connectivity index (χ2n) is 5.97. The second kappa shape index (κ2) is 11.9. The number of aliphatic imine (C=N–C) groups is 1. The van der Waals surface area contributed by atoms with Gasteiger partial charge in [-0.15, -0.1) is 24.0 Å². The Labute approximate surface area is 183 Å². The van der Waals surface area contributed by atoms with Gasteiger partial charge in [-0.1, -0.05) is 29.8 Å². The summed E-state index contributed by atoms with van der Waals surface area (Å²) in [5.74, 6) is 1.50. The van der Waals surface area contributed by atoms with Crippen molar-refractivity contribution >= 4 is 40.0 Å². The third-order valence-electron chi connectivity index (χ3n) is 3.70. The highest BCUT2D eigenvalue weighted by Gasteiger charge is 2.06. The Morgan fingerprint density at radius 3 is 2.29 bits per heavy atom. The number of aryl methyl sites for hydroxylation is 1. The van der Waals surface area contributed by atoms with E-state index in [9.17, 15) is 8.42 Å². The molecule has 0 unspecified atom stereocenters. The van der Waals surface area contributed by atoms with Crippen LogP contribution in [0.4, 0.5) is 0 Å². The number of halogens is 1. The van der Waals surface area contributed by atoms with E-state index >= 15 is 0 Å². The number of primary sulfonamides is 1. The van der Waals surface area contributed by atoms with Gasteiger partial charge < -0.3 is 15.4 Å². The Morgan fingerprint density at radius 2 is 1.71 bits per heavy atom. The summed E-state index contributed by atoms with van der Waals surface area (Å²) >= 11 is 0. The van der Waals surface area contributed by atoms with Crippen LogP contribution < -0.4 is 20.5 Å². The van der Waals surface area contributed by atoms with Crippen LogP contribution in [-0.2, 0) is 16.6 Å². The van der Waals surface area contributed by atoms with Crippen LogP contribution in [-0.4, -0.2) is 34.1 Å². The van der Waals surface area contributed by atoms with Crippen molar-refractivity contribution in [3.63, 3.8) is 0 Å². The SMILES string of the molecule is CCNC(=NCc1ccc(S(N)(=O)=O)cc1)NCCOc1ccc(C)cc1.I. The largest absolute Gasteiger partial charge is 0.492 e. The summed E-state index contributed by atoms with van der Waals surface area (Å²) in [6, 6.07) is 14.3. The Morgan fingerprint density at radius 1 is 1.07 bits per heavy atom. The normalized spacial score (nSPS) is 11.5. The van der Waals surface area contributed by atoms with Gasteiger partial charge in [-0.2, -0.15) is 0 Å². The highest BCUT2D eigenvalue weighted by molar-refractivity contribution is 14.0. The van der Waals surface area contributed by atoms with Crippen LogP contribution in [0.1, 0.15) is 18.1 Å². The van der Waals surface area contributed by atoms with E-state index in [4.69, 9.17) is 9.88 Å². The molecule has 0 aromatic heterocycles. The summed E-state index contributed by atoms with van der Waals surface area (Å²) in [6.45, 7) is 6.28. The second-order valence-corrected chi connectivity index (χ2v) is 7.53. The van der Waals surface area contributed by atoms with Crippen molar-refractivity contribution in [3.8, 4) is 5.75 Å². The molecule has 0 aliphatic heterocycles. The molecule has 0 aliphatic carbocycles. The van der Waals surface area contributed by atoms with Crippen LogP contribution in [0.5, 0.6) is 5.75 Å². The average Bonchev–Trinajstić information content (AvgIpc) is 2.64. The molecule has 0 radical (unpaired) electrons. The van der Waals surface area contributed by atoms with Crippen molar-refractivity contribution in [1.29, 1.82) is 0 Å². The number of nitrogens with two attached hydrogens (primary N) is 1. The van der Waals surface area contributed by atoms with Crippen LogP contribution >= 0.6 is 24.0 Å². The van der Waals surface area contributed by atoms with Crippen molar-refractivity contribution in [3.05, 3.63) is 59.7 Å². The van der Waals surface area contributed by atoms with Crippen molar-refractivity contribution < 1.29 is 13.2 Å². The highest BCUT2D eigenvalue weighted by Crippen LogP contribution is 2.11. The van der Waals surface area contributed by atoms with Crippen LogP contribution in [0.25, 0.3) is 0 Å². The van der Waals surface area contributed by atoms with Crippen molar-refractivity contribution in [2.75, 3.05) is 19.7 Å². The first-order chi connectivity index (χ1) is 12.9. The zero-order valence-electron chi connectivity index (χ0n) is 16.0. The molecule has 0 atom stereocenters. The van der Waals surface area contributed by atoms with Crippen LogP contribution in [0, 0.1) is 6.92 Å². The molecule has 0 aliphatic rings. The standard InChI is InChI=1S/C19H26N4O3S.HI/c1-3-21-19(22-12-13-26-17-8-4-15(2)5-9-17)23-14-16-6-10-18(11-7-16)27(20,24)25;/h4-11H,3,12-14H2,1-2H3,(H2,20,24,25)(H2,21,22,23);1H. The molecule has 28 heavy (non-hydrogen) atoms. The van der Waals surface area contributed by atoms with Crippen LogP contribution in [0.2, 0.25) is 0 Å². The molecule has 9 heteroatoms. The zero-order valence-corrected chi connectivity index (χ0v) is 19.2. The molecule has 0 saturated heterocycles. The number of rotatable bonds is 8. The highest BCUT2D eigenvalue weighted by atomic mass is 127. The fraction of sp³-hybridized carbons (Fsp3) is 0.316. The number of guanidine groups is 1. The van der Waals surface area contributed by atoms with E-state index in [1.54, 1.807) is 12.1 Å². The van der Waals surface area contributed by atoms with E-state index in [0.717, 1.165) is 17.9 Å². The predicted molar refractivity (Wildman–Crippen MR) is 123 cm³/mol. The van der Waals surface area contributed by atoms with E-state index < -0.39 is 10.0 Å². The molecule has 154 valence electrons. The van der Waals surface area contributed by atoms with E-state index in [1.807, 2.05) is 38.1 Å². The zero-order chi connectivity index (χ0) is 19.7. The molecule has 2 aromatic rings. The quantitative estimate of drug-likeness (QED) is 0.216. The molecular weight excluding hydrogens is 491 g/mol. The lowest BCUT2D eigenvalue weighted by Gasteiger charge is -2.12. The van der Waals surface area contributed by atoms with Crippen LogP contribution in [0.3, 0.4) is 0 Å². The number of sulfonamides is 1. The maximum absolute atomic E-state index is 11.3. The Balaban J connectivity index is 0.00000392. The van der Waals surface area contributed by atoms with Gasteiger partial charge >= 0.3 is 0 Å². The predicted octanol–water partition coefficient (Wildman–Crippen LogP) is 2.39. The number of hydrogen-bond donors (Lipinski definition) is 3. The van der Waals surface area contributed by atoms with E-state index in [-0.39, 0.29) is 28.9 Å². The molecule has 2 rings (SSSR count). The molecule has 0 saturated carbocycles. The summed E-state index contributed by atoms with van der Waals surface area (Å²) in [5, 5.41) is 11.5. The minimum Gasteiger partial charge on any atom is -0.492 e. The Bertz CT molecular complexity index is 854. The average molecular weight is 518 g/mol. The van der Waals surface area contributed by atoms with E-state index in [2.05, 4.69) is 15.6 Å². The first-order valence-electron chi connectivity index (χ1n) is 8.72. The van der Waals surface area contributed by atoms with Crippen molar-refractivity contribution in [2.45, 2.75) is 25.3 Å². The number of nitrogens with one attached hydrogen (secondary N) is 2. The minimum atomic E-state index is -3.67. The summed E-state index contributed by atoms with van der Waals surface area (Å²) in [7, 11) is -3.67. The van der Waals surface area contributed by atoms with Gasteiger partial charge in [-0.3, -0.25) is 0 Å². The van der Waals surface area contributed by atoms with Gasteiger partial charge in [0.1, 0.15) is 12.4 Å². The number of ether oxygens (including phenoxy) is 1. The molecule has 7 nitrogen and oxygen atoms in total. The minimum absolute atomic E-state index is 0. The molecule has 0 spiro atoms. The van der Waals surface area contributed by atoms with Gasteiger partial charge in [0.25, 0.3) is 0 Å². The van der Waals surface area contributed by atoms with Crippen molar-refractivity contribution in [1.82, 2.24) is 10.6 Å². The molecule has 4 N–H and O–H groups in total. The van der Waals surface area contributed by atoms with Crippen molar-refractivity contribution in [2.24, 2.45) is 10.1 Å². The lowest BCUT2D eigenvalue weighted by atomic mass is 10.2. The topological polar surface area (TPSA) is 106 Å². The monoisotopic (exact) mass is 518 g/mol. The van der Waals surface area contributed by atoms with Gasteiger partial charge in [0.15, 0.2) is 5.96 Å². The Hall–Kier alpha value is -1.85.